The number of nitrogens with zero attached hydrogens (tertiary/aromatic N) is 5. The third kappa shape index (κ3) is 4.79. The summed E-state index contributed by atoms with van der Waals surface area (Å²) in [6.45, 7) is 0.0976. The van der Waals surface area contributed by atoms with E-state index in [1.54, 1.807) is 55.1 Å². The van der Waals surface area contributed by atoms with E-state index in [4.69, 9.17) is 4.42 Å². The zero-order valence-corrected chi connectivity index (χ0v) is 18.7. The first-order valence-electron chi connectivity index (χ1n) is 11.1. The van der Waals surface area contributed by atoms with Crippen LogP contribution in [0.4, 0.5) is 5.69 Å². The molecule has 0 unspecified atom stereocenters. The van der Waals surface area contributed by atoms with Gasteiger partial charge in [0.05, 0.1) is 18.3 Å². The van der Waals surface area contributed by atoms with E-state index in [1.807, 2.05) is 42.5 Å². The number of pyridine rings is 1. The first-order valence-corrected chi connectivity index (χ1v) is 11.1. The largest absolute Gasteiger partial charge is 0.467 e. The second-order valence-electron chi connectivity index (χ2n) is 7.82. The summed E-state index contributed by atoms with van der Waals surface area (Å²) in [4.78, 5) is 33.0. The predicted molar refractivity (Wildman–Crippen MR) is 129 cm³/mol. The van der Waals surface area contributed by atoms with E-state index in [0.717, 1.165) is 5.52 Å². The molecule has 0 aliphatic heterocycles. The van der Waals surface area contributed by atoms with Gasteiger partial charge in [-0.1, -0.05) is 35.5 Å². The fourth-order valence-corrected chi connectivity index (χ4v) is 3.91. The average Bonchev–Trinajstić information content (AvgIpc) is 3.57. The maximum Gasteiger partial charge on any atom is 0.249 e. The molecule has 2 aromatic carbocycles. The van der Waals surface area contributed by atoms with Gasteiger partial charge in [-0.15, -0.1) is 5.10 Å². The summed E-state index contributed by atoms with van der Waals surface area (Å²) in [5.41, 5.74) is 2.62. The highest BCUT2D eigenvalue weighted by molar-refractivity contribution is 6.01. The molecular weight excluding hydrogens is 444 g/mol. The summed E-state index contributed by atoms with van der Waals surface area (Å²) in [5, 5.41) is 11.2. The Bertz CT molecular complexity index is 1420. The summed E-state index contributed by atoms with van der Waals surface area (Å²) in [6.07, 6.45) is 4.74. The molecule has 0 saturated heterocycles. The molecule has 0 radical (unpaired) electrons. The lowest BCUT2D eigenvalue weighted by Gasteiger charge is -2.31. The van der Waals surface area contributed by atoms with Crippen LogP contribution >= 0.6 is 0 Å². The van der Waals surface area contributed by atoms with E-state index in [-0.39, 0.29) is 24.9 Å². The second kappa shape index (κ2) is 10.0. The maximum absolute atomic E-state index is 13.8. The van der Waals surface area contributed by atoms with Gasteiger partial charge in [-0.3, -0.25) is 19.5 Å². The number of para-hydroxylation sites is 2. The minimum Gasteiger partial charge on any atom is -0.467 e. The van der Waals surface area contributed by atoms with Crippen LogP contribution in [0.25, 0.3) is 11.0 Å². The topological polar surface area (TPSA) is 106 Å². The quantitative estimate of drug-likeness (QED) is 0.375. The van der Waals surface area contributed by atoms with Crippen molar-refractivity contribution < 1.29 is 14.0 Å². The lowest BCUT2D eigenvalue weighted by atomic mass is 10.0. The number of hydrogen-bond donors (Lipinski definition) is 1. The van der Waals surface area contributed by atoms with E-state index in [2.05, 4.69) is 20.6 Å². The van der Waals surface area contributed by atoms with E-state index in [9.17, 15) is 9.59 Å². The highest BCUT2D eigenvalue weighted by atomic mass is 16.3. The van der Waals surface area contributed by atoms with Crippen LogP contribution in [-0.2, 0) is 22.7 Å². The standard InChI is InChI=1S/C26H22N6O3/c33-24(18-31-23-11-5-4-10-22(23)29-30-31)32(20-7-2-1-3-8-20)25(19-12-14-27-15-13-19)26(34)28-17-21-9-6-16-35-21/h1-16,25H,17-18H2,(H,28,34)/t25-/m1/s1. The predicted octanol–water partition coefficient (Wildman–Crippen LogP) is 3.51. The van der Waals surface area contributed by atoms with Gasteiger partial charge in [-0.2, -0.15) is 0 Å². The van der Waals surface area contributed by atoms with Crippen LogP contribution in [0.1, 0.15) is 17.4 Å². The van der Waals surface area contributed by atoms with Crippen LogP contribution in [0.15, 0.2) is 102 Å². The summed E-state index contributed by atoms with van der Waals surface area (Å²) in [6, 6.07) is 22.6. The molecule has 0 aliphatic carbocycles. The molecule has 3 heterocycles. The van der Waals surface area contributed by atoms with E-state index < -0.39 is 6.04 Å². The Morgan fingerprint density at radius 1 is 0.943 bits per heavy atom. The average molecular weight is 467 g/mol. The van der Waals surface area contributed by atoms with Gasteiger partial charge in [-0.25, -0.2) is 4.68 Å². The van der Waals surface area contributed by atoms with Gasteiger partial charge < -0.3 is 9.73 Å². The maximum atomic E-state index is 13.8. The van der Waals surface area contributed by atoms with Crippen LogP contribution < -0.4 is 10.2 Å². The van der Waals surface area contributed by atoms with E-state index >= 15 is 0 Å². The van der Waals surface area contributed by atoms with Crippen LogP contribution in [-0.4, -0.2) is 31.8 Å². The zero-order chi connectivity index (χ0) is 24.0. The highest BCUT2D eigenvalue weighted by Crippen LogP contribution is 2.28. The van der Waals surface area contributed by atoms with Crippen molar-refractivity contribution in [2.45, 2.75) is 19.1 Å². The molecular formula is C26H22N6O3. The molecule has 3 aromatic heterocycles. The van der Waals surface area contributed by atoms with Crippen LogP contribution in [0, 0.1) is 0 Å². The SMILES string of the molecule is O=C(NCc1ccco1)[C@@H](c1ccncc1)N(C(=O)Cn1nnc2ccccc21)c1ccccc1. The van der Waals surface area contributed by atoms with E-state index in [0.29, 0.717) is 22.5 Å². The Hall–Kier alpha value is -4.79. The molecule has 35 heavy (non-hydrogen) atoms. The minimum atomic E-state index is -0.947. The lowest BCUT2D eigenvalue weighted by Crippen LogP contribution is -2.45. The molecule has 2 amide bonds. The van der Waals surface area contributed by atoms with Gasteiger partial charge in [0.25, 0.3) is 0 Å². The number of furan rings is 1. The van der Waals surface area contributed by atoms with Crippen LogP contribution in [0.3, 0.4) is 0 Å². The number of carbonyl (C=O) groups excluding carboxylic acids is 2. The molecule has 0 spiro atoms. The fraction of sp³-hybridized carbons (Fsp3) is 0.115. The molecule has 1 N–H and O–H groups in total. The first-order chi connectivity index (χ1) is 17.2. The Balaban J connectivity index is 1.52. The van der Waals surface area contributed by atoms with Gasteiger partial charge in [0.1, 0.15) is 23.9 Å². The third-order valence-corrected chi connectivity index (χ3v) is 5.55. The van der Waals surface area contributed by atoms with Crippen molar-refractivity contribution in [1.82, 2.24) is 25.3 Å². The summed E-state index contributed by atoms with van der Waals surface area (Å²) in [7, 11) is 0. The molecule has 0 saturated carbocycles. The monoisotopic (exact) mass is 466 g/mol. The number of carbonyl (C=O) groups is 2. The van der Waals surface area contributed by atoms with Gasteiger partial charge >= 0.3 is 0 Å². The molecule has 9 heteroatoms. The molecule has 5 rings (SSSR count). The Labute approximate surface area is 201 Å². The van der Waals surface area contributed by atoms with E-state index in [1.165, 1.54) is 9.58 Å². The molecule has 174 valence electrons. The molecule has 0 aliphatic rings. The number of benzene rings is 2. The summed E-state index contributed by atoms with van der Waals surface area (Å²) in [5.74, 6) is -0.0615. The number of nitrogens with one attached hydrogen (secondary N) is 1. The number of anilines is 1. The summed E-state index contributed by atoms with van der Waals surface area (Å²) >= 11 is 0. The number of fused-ring (bicyclic) bond motifs is 1. The van der Waals surface area contributed by atoms with Crippen molar-refractivity contribution in [3.05, 3.63) is 109 Å². The molecule has 9 nitrogen and oxygen atoms in total. The van der Waals surface area contributed by atoms with Gasteiger partial charge in [0.2, 0.25) is 11.8 Å². The Morgan fingerprint density at radius 2 is 1.71 bits per heavy atom. The normalized spacial score (nSPS) is 11.8. The third-order valence-electron chi connectivity index (χ3n) is 5.55. The molecule has 0 fully saturated rings. The molecule has 1 atom stereocenters. The zero-order valence-electron chi connectivity index (χ0n) is 18.7. The lowest BCUT2D eigenvalue weighted by molar-refractivity contribution is -0.127. The van der Waals surface area contributed by atoms with Gasteiger partial charge in [-0.05, 0) is 54.1 Å². The Kier molecular flexibility index (Phi) is 6.29. The number of rotatable bonds is 8. The van der Waals surface area contributed by atoms with Crippen molar-refractivity contribution in [3.63, 3.8) is 0 Å². The first kappa shape index (κ1) is 22.0. The number of aromatic nitrogens is 4. The minimum absolute atomic E-state index is 0.0948. The second-order valence-corrected chi connectivity index (χ2v) is 7.82. The van der Waals surface area contributed by atoms with Gasteiger partial charge in [0.15, 0.2) is 0 Å². The highest BCUT2D eigenvalue weighted by Gasteiger charge is 2.33. The van der Waals surface area contributed by atoms with Crippen molar-refractivity contribution >= 4 is 28.5 Å². The van der Waals surface area contributed by atoms with Crippen molar-refractivity contribution in [3.8, 4) is 0 Å². The van der Waals surface area contributed by atoms with Crippen molar-refractivity contribution in [2.24, 2.45) is 0 Å². The Morgan fingerprint density at radius 3 is 2.49 bits per heavy atom. The van der Waals surface area contributed by atoms with Crippen LogP contribution in [0.2, 0.25) is 0 Å². The number of hydrogen-bond acceptors (Lipinski definition) is 6. The molecule has 0 bridgehead atoms. The summed E-state index contributed by atoms with van der Waals surface area (Å²) < 4.78 is 6.89. The fourth-order valence-electron chi connectivity index (χ4n) is 3.91. The van der Waals surface area contributed by atoms with Crippen molar-refractivity contribution in [2.75, 3.05) is 4.90 Å². The van der Waals surface area contributed by atoms with Gasteiger partial charge in [0, 0.05) is 18.1 Å². The smallest absolute Gasteiger partial charge is 0.249 e. The number of amides is 2. The molecule has 5 aromatic rings. The van der Waals surface area contributed by atoms with Crippen LogP contribution in [0.5, 0.6) is 0 Å². The van der Waals surface area contributed by atoms with Crippen molar-refractivity contribution in [1.29, 1.82) is 0 Å².